The average molecular weight is 378 g/mol. The smallest absolute Gasteiger partial charge is 0.310 e. The Kier molecular flexibility index (Phi) is 7.68. The van der Waals surface area contributed by atoms with Crippen LogP contribution in [0.5, 0.6) is 5.75 Å². The normalized spacial score (nSPS) is 19.6. The van der Waals surface area contributed by atoms with Crippen LogP contribution in [0.4, 0.5) is 0 Å². The molecular formula is C22H35NO4. The molecule has 0 radical (unpaired) electrons. The van der Waals surface area contributed by atoms with E-state index in [0.717, 1.165) is 30.7 Å². The van der Waals surface area contributed by atoms with Gasteiger partial charge in [-0.15, -0.1) is 0 Å². The van der Waals surface area contributed by atoms with Crippen LogP contribution in [0.2, 0.25) is 0 Å². The van der Waals surface area contributed by atoms with Crippen molar-refractivity contribution >= 4 is 5.97 Å². The number of aliphatic hydroxyl groups excluding tert-OH is 1. The van der Waals surface area contributed by atoms with Crippen molar-refractivity contribution in [2.45, 2.75) is 59.0 Å². The highest BCUT2D eigenvalue weighted by Crippen LogP contribution is 2.27. The second kappa shape index (κ2) is 9.56. The summed E-state index contributed by atoms with van der Waals surface area (Å²) in [5.74, 6) is 0.603. The topological polar surface area (TPSA) is 59.0 Å². The lowest BCUT2D eigenvalue weighted by Gasteiger charge is -2.32. The fraction of sp³-hybridized carbons (Fsp3) is 0.682. The van der Waals surface area contributed by atoms with E-state index in [1.54, 1.807) is 0 Å². The number of piperidine rings is 1. The summed E-state index contributed by atoms with van der Waals surface area (Å²) in [6.45, 7) is 13.1. The predicted molar refractivity (Wildman–Crippen MR) is 107 cm³/mol. The van der Waals surface area contributed by atoms with Crippen LogP contribution in [-0.4, -0.2) is 54.9 Å². The molecule has 1 aromatic carbocycles. The van der Waals surface area contributed by atoms with Gasteiger partial charge in [0.25, 0.3) is 0 Å². The number of β-amino-alcohol motifs (C(OH)–C–C–N with tert-alkyl or cyclic N) is 1. The molecule has 0 amide bonds. The summed E-state index contributed by atoms with van der Waals surface area (Å²) in [5.41, 5.74) is 2.45. The quantitative estimate of drug-likeness (QED) is 0.739. The monoisotopic (exact) mass is 377 g/mol. The van der Waals surface area contributed by atoms with Gasteiger partial charge in [-0.25, -0.2) is 0 Å². The van der Waals surface area contributed by atoms with Crippen LogP contribution >= 0.6 is 0 Å². The first kappa shape index (κ1) is 21.7. The summed E-state index contributed by atoms with van der Waals surface area (Å²) in [7, 11) is 0. The zero-order valence-electron chi connectivity index (χ0n) is 17.5. The maximum atomic E-state index is 11.9. The lowest BCUT2D eigenvalue weighted by molar-refractivity contribution is -0.150. The fourth-order valence-corrected chi connectivity index (χ4v) is 3.49. The number of carbonyl (C=O) groups excluding carboxylic acids is 1. The second-order valence-electron chi connectivity index (χ2n) is 8.55. The molecule has 0 saturated carbocycles. The van der Waals surface area contributed by atoms with E-state index < -0.39 is 6.10 Å². The molecule has 1 fully saturated rings. The Morgan fingerprint density at radius 2 is 2.11 bits per heavy atom. The zero-order chi connectivity index (χ0) is 20.0. The minimum atomic E-state index is -0.590. The van der Waals surface area contributed by atoms with E-state index in [4.69, 9.17) is 9.47 Å². The van der Waals surface area contributed by atoms with Crippen molar-refractivity contribution in [2.75, 3.05) is 32.8 Å². The maximum absolute atomic E-state index is 11.9. The highest BCUT2D eigenvalue weighted by molar-refractivity contribution is 5.72. The Morgan fingerprint density at radius 1 is 1.37 bits per heavy atom. The maximum Gasteiger partial charge on any atom is 0.310 e. The van der Waals surface area contributed by atoms with Gasteiger partial charge in [0, 0.05) is 13.1 Å². The number of carbonyl (C=O) groups is 1. The molecule has 2 unspecified atom stereocenters. The number of hydrogen-bond acceptors (Lipinski definition) is 5. The lowest BCUT2D eigenvalue weighted by atomic mass is 9.86. The van der Waals surface area contributed by atoms with E-state index >= 15 is 0 Å². The van der Waals surface area contributed by atoms with E-state index in [9.17, 15) is 9.90 Å². The number of likely N-dealkylation sites (tertiary alicyclic amines) is 1. The van der Waals surface area contributed by atoms with E-state index in [-0.39, 0.29) is 23.9 Å². The van der Waals surface area contributed by atoms with Crippen LogP contribution in [0, 0.1) is 12.8 Å². The molecule has 5 nitrogen and oxygen atoms in total. The van der Waals surface area contributed by atoms with Crippen molar-refractivity contribution in [3.63, 3.8) is 0 Å². The number of hydrogen-bond donors (Lipinski definition) is 1. The van der Waals surface area contributed by atoms with E-state index in [1.807, 2.05) is 19.9 Å². The first-order valence-electron chi connectivity index (χ1n) is 10.0. The van der Waals surface area contributed by atoms with Gasteiger partial charge in [-0.05, 0) is 55.8 Å². The molecule has 1 aliphatic rings. The summed E-state index contributed by atoms with van der Waals surface area (Å²) in [5, 5.41) is 10.4. The van der Waals surface area contributed by atoms with E-state index in [1.165, 1.54) is 5.56 Å². The average Bonchev–Trinajstić information content (AvgIpc) is 2.60. The van der Waals surface area contributed by atoms with Crippen LogP contribution in [0.25, 0.3) is 0 Å². The Hall–Kier alpha value is -1.59. The summed E-state index contributed by atoms with van der Waals surface area (Å²) >= 11 is 0. The molecule has 152 valence electrons. The molecule has 1 saturated heterocycles. The number of esters is 1. The minimum absolute atomic E-state index is 0.0843. The number of nitrogens with zero attached hydrogens (tertiary/aromatic N) is 1. The third kappa shape index (κ3) is 6.51. The van der Waals surface area contributed by atoms with Crippen LogP contribution in [0.15, 0.2) is 18.2 Å². The molecule has 1 N–H and O–H groups in total. The Bertz CT molecular complexity index is 623. The van der Waals surface area contributed by atoms with Gasteiger partial charge in [0.1, 0.15) is 18.5 Å². The number of ether oxygens (including phenoxy) is 2. The SMILES string of the molecule is CCOC(=O)C1CCCN(CC(O)COc2ccc(C(C)(C)C)cc2C)C1. The van der Waals surface area contributed by atoms with Gasteiger partial charge in [0.2, 0.25) is 0 Å². The molecular weight excluding hydrogens is 342 g/mol. The van der Waals surface area contributed by atoms with Crippen molar-refractivity contribution in [3.05, 3.63) is 29.3 Å². The summed E-state index contributed by atoms with van der Waals surface area (Å²) in [4.78, 5) is 14.1. The van der Waals surface area contributed by atoms with E-state index in [2.05, 4.69) is 37.8 Å². The van der Waals surface area contributed by atoms with Crippen LogP contribution in [0.1, 0.15) is 51.7 Å². The first-order valence-corrected chi connectivity index (χ1v) is 10.0. The number of rotatable bonds is 7. The molecule has 5 heteroatoms. The largest absolute Gasteiger partial charge is 0.491 e. The molecule has 27 heavy (non-hydrogen) atoms. The fourth-order valence-electron chi connectivity index (χ4n) is 3.49. The predicted octanol–water partition coefficient (Wildman–Crippen LogP) is 3.31. The Morgan fingerprint density at radius 3 is 2.74 bits per heavy atom. The van der Waals surface area contributed by atoms with Crippen molar-refractivity contribution in [1.29, 1.82) is 0 Å². The molecule has 2 atom stereocenters. The van der Waals surface area contributed by atoms with Crippen molar-refractivity contribution in [2.24, 2.45) is 5.92 Å². The van der Waals surface area contributed by atoms with Crippen molar-refractivity contribution in [1.82, 2.24) is 4.90 Å². The van der Waals surface area contributed by atoms with Crippen molar-refractivity contribution < 1.29 is 19.4 Å². The van der Waals surface area contributed by atoms with Crippen LogP contribution < -0.4 is 4.74 Å². The minimum Gasteiger partial charge on any atom is -0.491 e. The molecule has 0 spiro atoms. The molecule has 0 bridgehead atoms. The van der Waals surface area contributed by atoms with Gasteiger partial charge in [0.15, 0.2) is 0 Å². The van der Waals surface area contributed by atoms with Gasteiger partial charge < -0.3 is 14.6 Å². The van der Waals surface area contributed by atoms with Gasteiger partial charge in [-0.1, -0.05) is 32.9 Å². The molecule has 2 rings (SSSR count). The zero-order valence-corrected chi connectivity index (χ0v) is 17.5. The first-order chi connectivity index (χ1) is 12.7. The lowest BCUT2D eigenvalue weighted by Crippen LogP contribution is -2.44. The van der Waals surface area contributed by atoms with E-state index in [0.29, 0.717) is 19.7 Å². The third-order valence-electron chi connectivity index (χ3n) is 5.07. The highest BCUT2D eigenvalue weighted by atomic mass is 16.5. The third-order valence-corrected chi connectivity index (χ3v) is 5.07. The van der Waals surface area contributed by atoms with Crippen molar-refractivity contribution in [3.8, 4) is 5.75 Å². The Balaban J connectivity index is 1.84. The number of aryl methyl sites for hydroxylation is 1. The Labute approximate surface area is 163 Å². The molecule has 0 aromatic heterocycles. The van der Waals surface area contributed by atoms with Gasteiger partial charge >= 0.3 is 5.97 Å². The molecule has 0 aliphatic carbocycles. The summed E-state index contributed by atoms with van der Waals surface area (Å²) in [6, 6.07) is 6.22. The second-order valence-corrected chi connectivity index (χ2v) is 8.55. The summed E-state index contributed by atoms with van der Waals surface area (Å²) < 4.78 is 11.0. The molecule has 1 heterocycles. The van der Waals surface area contributed by atoms with Gasteiger partial charge in [-0.2, -0.15) is 0 Å². The molecule has 1 aliphatic heterocycles. The highest BCUT2D eigenvalue weighted by Gasteiger charge is 2.27. The van der Waals surface area contributed by atoms with Crippen LogP contribution in [-0.2, 0) is 14.9 Å². The number of aliphatic hydroxyl groups is 1. The van der Waals surface area contributed by atoms with Crippen LogP contribution in [0.3, 0.4) is 0 Å². The summed E-state index contributed by atoms with van der Waals surface area (Å²) in [6.07, 6.45) is 1.22. The molecule has 1 aromatic rings. The van der Waals surface area contributed by atoms with Gasteiger partial charge in [-0.3, -0.25) is 9.69 Å². The number of benzene rings is 1. The van der Waals surface area contributed by atoms with Gasteiger partial charge in [0.05, 0.1) is 12.5 Å². The standard InChI is InChI=1S/C22H35NO4/c1-6-26-21(25)17-8-7-11-23(13-17)14-19(24)15-27-20-10-9-18(12-16(20)2)22(3,4)5/h9-10,12,17,19,24H,6-8,11,13-15H2,1-5H3.